The van der Waals surface area contributed by atoms with Crippen molar-refractivity contribution in [3.63, 3.8) is 0 Å². The Kier molecular flexibility index (Phi) is 2.65. The maximum atomic E-state index is 11.9. The van der Waals surface area contributed by atoms with Crippen LogP contribution in [0.15, 0.2) is 24.3 Å². The molecule has 1 unspecified atom stereocenters. The van der Waals surface area contributed by atoms with Gasteiger partial charge in [-0.3, -0.25) is 9.59 Å². The topological polar surface area (TPSA) is 66.4 Å². The summed E-state index contributed by atoms with van der Waals surface area (Å²) in [6, 6.07) is 7.49. The molecule has 2 rings (SSSR count). The summed E-state index contributed by atoms with van der Waals surface area (Å²) in [6.07, 6.45) is 0.474. The molecule has 1 aliphatic heterocycles. The molecular weight excluding hydrogens is 218 g/mol. The summed E-state index contributed by atoms with van der Waals surface area (Å²) in [5.74, 6) is -1.69. The minimum Gasteiger partial charge on any atom is -0.481 e. The third kappa shape index (κ3) is 1.90. The maximum Gasteiger partial charge on any atom is 0.309 e. The number of carboxylic acid groups (broad SMARTS) is 1. The van der Waals surface area contributed by atoms with Crippen molar-refractivity contribution in [2.24, 2.45) is 11.3 Å². The van der Waals surface area contributed by atoms with Crippen LogP contribution in [0.2, 0.25) is 0 Å². The van der Waals surface area contributed by atoms with Gasteiger partial charge in [-0.1, -0.05) is 18.2 Å². The van der Waals surface area contributed by atoms with Crippen molar-refractivity contribution in [1.29, 1.82) is 0 Å². The Morgan fingerprint density at radius 3 is 2.71 bits per heavy atom. The van der Waals surface area contributed by atoms with Gasteiger partial charge in [-0.25, -0.2) is 0 Å². The smallest absolute Gasteiger partial charge is 0.309 e. The van der Waals surface area contributed by atoms with Crippen LogP contribution in [0.4, 0.5) is 5.69 Å². The maximum absolute atomic E-state index is 11.9. The summed E-state index contributed by atoms with van der Waals surface area (Å²) in [7, 11) is 0. The monoisotopic (exact) mass is 233 g/mol. The molecule has 4 nitrogen and oxygen atoms in total. The number of carboxylic acids is 1. The van der Waals surface area contributed by atoms with E-state index in [0.29, 0.717) is 6.42 Å². The molecule has 17 heavy (non-hydrogen) atoms. The van der Waals surface area contributed by atoms with Crippen LogP contribution >= 0.6 is 0 Å². The lowest BCUT2D eigenvalue weighted by molar-refractivity contribution is -0.153. The van der Waals surface area contributed by atoms with Crippen LogP contribution in [0, 0.1) is 11.3 Å². The second-order valence-electron chi connectivity index (χ2n) is 4.93. The fourth-order valence-corrected chi connectivity index (χ4v) is 2.08. The summed E-state index contributed by atoms with van der Waals surface area (Å²) in [5.41, 5.74) is 0.721. The predicted octanol–water partition coefficient (Wildman–Crippen LogP) is 1.91. The molecule has 4 heteroatoms. The molecule has 0 saturated heterocycles. The summed E-state index contributed by atoms with van der Waals surface area (Å²) in [5, 5.41) is 11.9. The number of rotatable bonds is 2. The third-order valence-electron chi connectivity index (χ3n) is 3.44. The van der Waals surface area contributed by atoms with E-state index in [1.165, 1.54) is 0 Å². The van der Waals surface area contributed by atoms with Gasteiger partial charge in [0.1, 0.15) is 0 Å². The second kappa shape index (κ2) is 3.87. The first-order valence-electron chi connectivity index (χ1n) is 5.55. The number of carbonyl (C=O) groups is 2. The van der Waals surface area contributed by atoms with Gasteiger partial charge >= 0.3 is 5.97 Å². The van der Waals surface area contributed by atoms with Gasteiger partial charge in [0.05, 0.1) is 11.3 Å². The normalized spacial score (nSPS) is 19.4. The number of hydrogen-bond donors (Lipinski definition) is 2. The molecule has 1 aromatic carbocycles. The quantitative estimate of drug-likeness (QED) is 0.820. The van der Waals surface area contributed by atoms with E-state index in [2.05, 4.69) is 5.32 Å². The number of carbonyl (C=O) groups excluding carboxylic acids is 1. The van der Waals surface area contributed by atoms with Crippen molar-refractivity contribution >= 4 is 17.6 Å². The van der Waals surface area contributed by atoms with E-state index in [1.807, 2.05) is 24.3 Å². The van der Waals surface area contributed by atoms with Crippen LogP contribution in [0.5, 0.6) is 0 Å². The van der Waals surface area contributed by atoms with Crippen LogP contribution in [-0.2, 0) is 16.0 Å². The molecule has 0 fully saturated rings. The zero-order valence-electron chi connectivity index (χ0n) is 9.86. The number of amides is 1. The summed E-state index contributed by atoms with van der Waals surface area (Å²) in [4.78, 5) is 23.1. The Bertz CT molecular complexity index is 479. The Morgan fingerprint density at radius 2 is 2.06 bits per heavy atom. The molecular formula is C13H15NO3. The molecule has 0 aliphatic carbocycles. The lowest BCUT2D eigenvalue weighted by Crippen LogP contribution is -2.44. The van der Waals surface area contributed by atoms with Gasteiger partial charge in [0.2, 0.25) is 5.91 Å². The average Bonchev–Trinajstić information content (AvgIpc) is 2.27. The number of nitrogens with one attached hydrogen (secondary N) is 1. The van der Waals surface area contributed by atoms with Crippen molar-refractivity contribution < 1.29 is 14.7 Å². The molecule has 1 heterocycles. The van der Waals surface area contributed by atoms with Crippen LogP contribution in [-0.4, -0.2) is 17.0 Å². The fraction of sp³-hybridized carbons (Fsp3) is 0.385. The van der Waals surface area contributed by atoms with Gasteiger partial charge in [-0.2, -0.15) is 0 Å². The van der Waals surface area contributed by atoms with Crippen molar-refractivity contribution in [3.8, 4) is 0 Å². The molecule has 0 radical (unpaired) electrons. The van der Waals surface area contributed by atoms with E-state index in [1.54, 1.807) is 13.8 Å². The van der Waals surface area contributed by atoms with E-state index >= 15 is 0 Å². The largest absolute Gasteiger partial charge is 0.481 e. The van der Waals surface area contributed by atoms with E-state index < -0.39 is 17.3 Å². The highest BCUT2D eigenvalue weighted by Gasteiger charge is 2.43. The second-order valence-corrected chi connectivity index (χ2v) is 4.93. The minimum atomic E-state index is -1.06. The Hall–Kier alpha value is -1.84. The standard InChI is InChI=1S/C13H15NO3/c1-13(2,12(16)17)9-7-8-5-3-4-6-10(8)14-11(9)15/h3-6,9H,7H2,1-2H3,(H,14,15)(H,16,17). The molecule has 0 saturated carbocycles. The molecule has 1 atom stereocenters. The highest BCUT2D eigenvalue weighted by Crippen LogP contribution is 2.36. The highest BCUT2D eigenvalue weighted by atomic mass is 16.4. The molecule has 1 aliphatic rings. The van der Waals surface area contributed by atoms with Crippen LogP contribution in [0.1, 0.15) is 19.4 Å². The SMILES string of the molecule is CC(C)(C(=O)O)C1Cc2ccccc2NC1=O. The molecule has 1 amide bonds. The van der Waals surface area contributed by atoms with Gasteiger partial charge in [-0.05, 0) is 31.9 Å². The van der Waals surface area contributed by atoms with Gasteiger partial charge in [0.25, 0.3) is 0 Å². The van der Waals surface area contributed by atoms with Crippen molar-refractivity contribution in [3.05, 3.63) is 29.8 Å². The van der Waals surface area contributed by atoms with Crippen molar-refractivity contribution in [2.45, 2.75) is 20.3 Å². The third-order valence-corrected chi connectivity index (χ3v) is 3.44. The number of benzene rings is 1. The summed E-state index contributed by atoms with van der Waals surface area (Å²) >= 11 is 0. The number of para-hydroxylation sites is 1. The molecule has 1 aromatic rings. The first kappa shape index (κ1) is 11.6. The summed E-state index contributed by atoms with van der Waals surface area (Å²) in [6.45, 7) is 3.18. The molecule has 0 bridgehead atoms. The Labute approximate surface area is 99.6 Å². The first-order chi connectivity index (χ1) is 7.93. The predicted molar refractivity (Wildman–Crippen MR) is 63.7 cm³/mol. The van der Waals surface area contributed by atoms with Gasteiger partial charge in [0, 0.05) is 5.69 Å². The summed E-state index contributed by atoms with van der Waals surface area (Å²) < 4.78 is 0. The average molecular weight is 233 g/mol. The zero-order chi connectivity index (χ0) is 12.6. The molecule has 0 aromatic heterocycles. The Balaban J connectivity index is 2.36. The lowest BCUT2D eigenvalue weighted by Gasteiger charge is -2.33. The van der Waals surface area contributed by atoms with E-state index in [0.717, 1.165) is 11.3 Å². The molecule has 90 valence electrons. The van der Waals surface area contributed by atoms with Gasteiger partial charge in [-0.15, -0.1) is 0 Å². The number of anilines is 1. The number of aliphatic carboxylic acids is 1. The lowest BCUT2D eigenvalue weighted by atomic mass is 9.73. The van der Waals surface area contributed by atoms with E-state index in [9.17, 15) is 14.7 Å². The van der Waals surface area contributed by atoms with Crippen LogP contribution in [0.3, 0.4) is 0 Å². The number of hydrogen-bond acceptors (Lipinski definition) is 2. The Morgan fingerprint density at radius 1 is 1.41 bits per heavy atom. The van der Waals surface area contributed by atoms with Gasteiger partial charge < -0.3 is 10.4 Å². The van der Waals surface area contributed by atoms with Gasteiger partial charge in [0.15, 0.2) is 0 Å². The van der Waals surface area contributed by atoms with Crippen LogP contribution in [0.25, 0.3) is 0 Å². The van der Waals surface area contributed by atoms with E-state index in [-0.39, 0.29) is 5.91 Å². The fourth-order valence-electron chi connectivity index (χ4n) is 2.08. The number of fused-ring (bicyclic) bond motifs is 1. The van der Waals surface area contributed by atoms with Crippen molar-refractivity contribution in [2.75, 3.05) is 5.32 Å². The molecule has 0 spiro atoms. The molecule has 2 N–H and O–H groups in total. The minimum absolute atomic E-state index is 0.212. The van der Waals surface area contributed by atoms with E-state index in [4.69, 9.17) is 0 Å². The van der Waals surface area contributed by atoms with Crippen molar-refractivity contribution in [1.82, 2.24) is 0 Å². The first-order valence-corrected chi connectivity index (χ1v) is 5.55. The highest BCUT2D eigenvalue weighted by molar-refractivity contribution is 5.98. The zero-order valence-corrected chi connectivity index (χ0v) is 9.86. The van der Waals surface area contributed by atoms with Crippen LogP contribution < -0.4 is 5.32 Å².